The van der Waals surface area contributed by atoms with Crippen molar-refractivity contribution in [3.63, 3.8) is 0 Å². The van der Waals surface area contributed by atoms with Crippen molar-refractivity contribution in [3.8, 4) is 0 Å². The number of thiocarbonyl (C=S) groups is 1. The molecule has 0 aliphatic carbocycles. The lowest BCUT2D eigenvalue weighted by molar-refractivity contribution is 0.0367. The monoisotopic (exact) mass is 398 g/mol. The van der Waals surface area contributed by atoms with Crippen molar-refractivity contribution < 1.29 is 4.74 Å². The van der Waals surface area contributed by atoms with Crippen LogP contribution in [0.15, 0.2) is 42.6 Å². The van der Waals surface area contributed by atoms with Gasteiger partial charge < -0.3 is 15.0 Å². The van der Waals surface area contributed by atoms with Gasteiger partial charge in [-0.3, -0.25) is 9.88 Å². The van der Waals surface area contributed by atoms with E-state index >= 15 is 0 Å². The number of morpholine rings is 1. The largest absolute Gasteiger partial charge is 0.379 e. The SMILES string of the molecule is Cc1cccc(NC(=S)N(CCCN2CCOCC2)Cc2ccccn2)c1C. The third-order valence-electron chi connectivity index (χ3n) is 5.22. The van der Waals surface area contributed by atoms with E-state index in [-0.39, 0.29) is 0 Å². The molecule has 1 aliphatic rings. The molecule has 1 aliphatic heterocycles. The number of rotatable bonds is 7. The molecule has 0 radical (unpaired) electrons. The Morgan fingerprint density at radius 1 is 1.18 bits per heavy atom. The Kier molecular flexibility index (Phi) is 7.77. The Bertz CT molecular complexity index is 762. The summed E-state index contributed by atoms with van der Waals surface area (Å²) < 4.78 is 5.44. The molecule has 0 atom stereocenters. The number of aromatic nitrogens is 1. The fraction of sp³-hybridized carbons (Fsp3) is 0.455. The fourth-order valence-electron chi connectivity index (χ4n) is 3.33. The van der Waals surface area contributed by atoms with Gasteiger partial charge in [-0.25, -0.2) is 0 Å². The molecule has 6 heteroatoms. The molecule has 0 saturated carbocycles. The Labute approximate surface area is 173 Å². The number of hydrogen-bond acceptors (Lipinski definition) is 4. The van der Waals surface area contributed by atoms with E-state index in [0.717, 1.165) is 62.3 Å². The maximum atomic E-state index is 5.78. The lowest BCUT2D eigenvalue weighted by atomic mass is 10.1. The molecule has 2 aromatic rings. The minimum absolute atomic E-state index is 0.709. The topological polar surface area (TPSA) is 40.6 Å². The molecule has 1 fully saturated rings. The summed E-state index contributed by atoms with van der Waals surface area (Å²) >= 11 is 5.78. The first-order chi connectivity index (χ1) is 13.6. The summed E-state index contributed by atoms with van der Waals surface area (Å²) in [5.41, 5.74) is 4.59. The molecule has 3 rings (SSSR count). The Morgan fingerprint density at radius 2 is 2.00 bits per heavy atom. The van der Waals surface area contributed by atoms with Crippen LogP contribution < -0.4 is 5.32 Å². The maximum Gasteiger partial charge on any atom is 0.173 e. The Balaban J connectivity index is 1.63. The van der Waals surface area contributed by atoms with E-state index in [1.54, 1.807) is 0 Å². The van der Waals surface area contributed by atoms with Gasteiger partial charge in [-0.05, 0) is 61.8 Å². The van der Waals surface area contributed by atoms with Crippen LogP contribution in [0, 0.1) is 13.8 Å². The number of benzene rings is 1. The zero-order chi connectivity index (χ0) is 19.8. The van der Waals surface area contributed by atoms with Crippen molar-refractivity contribution in [1.29, 1.82) is 0 Å². The van der Waals surface area contributed by atoms with Crippen LogP contribution in [-0.4, -0.2) is 59.3 Å². The summed E-state index contributed by atoms with van der Waals surface area (Å²) in [5, 5.41) is 4.21. The van der Waals surface area contributed by atoms with E-state index in [4.69, 9.17) is 17.0 Å². The average Bonchev–Trinajstić information content (AvgIpc) is 2.72. The predicted molar refractivity (Wildman–Crippen MR) is 119 cm³/mol. The predicted octanol–water partition coefficient (Wildman–Crippen LogP) is 3.62. The molecular weight excluding hydrogens is 368 g/mol. The van der Waals surface area contributed by atoms with Crippen LogP contribution in [0.5, 0.6) is 0 Å². The number of aryl methyl sites for hydroxylation is 1. The lowest BCUT2D eigenvalue weighted by Crippen LogP contribution is -2.40. The van der Waals surface area contributed by atoms with Gasteiger partial charge in [0, 0.05) is 38.1 Å². The van der Waals surface area contributed by atoms with Crippen molar-refractivity contribution in [2.45, 2.75) is 26.8 Å². The van der Waals surface area contributed by atoms with E-state index in [2.05, 4.69) is 58.2 Å². The van der Waals surface area contributed by atoms with Crippen LogP contribution in [0.1, 0.15) is 23.2 Å². The van der Waals surface area contributed by atoms with Crippen molar-refractivity contribution >= 4 is 23.0 Å². The first-order valence-electron chi connectivity index (χ1n) is 9.95. The molecule has 0 amide bonds. The minimum Gasteiger partial charge on any atom is -0.379 e. The number of nitrogens with zero attached hydrogens (tertiary/aromatic N) is 3. The Morgan fingerprint density at radius 3 is 2.75 bits per heavy atom. The number of nitrogens with one attached hydrogen (secondary N) is 1. The zero-order valence-corrected chi connectivity index (χ0v) is 17.7. The second-order valence-corrected chi connectivity index (χ2v) is 7.61. The third kappa shape index (κ3) is 5.99. The molecule has 1 N–H and O–H groups in total. The van der Waals surface area contributed by atoms with Gasteiger partial charge in [-0.2, -0.15) is 0 Å². The highest BCUT2D eigenvalue weighted by molar-refractivity contribution is 7.80. The summed E-state index contributed by atoms with van der Waals surface area (Å²) in [6.45, 7) is 10.6. The number of hydrogen-bond donors (Lipinski definition) is 1. The van der Waals surface area contributed by atoms with E-state index in [1.165, 1.54) is 11.1 Å². The highest BCUT2D eigenvalue weighted by Gasteiger charge is 2.15. The summed E-state index contributed by atoms with van der Waals surface area (Å²) in [6, 6.07) is 12.3. The van der Waals surface area contributed by atoms with Crippen LogP contribution in [0.25, 0.3) is 0 Å². The Hall–Kier alpha value is -2.02. The van der Waals surface area contributed by atoms with Crippen molar-refractivity contribution in [3.05, 3.63) is 59.4 Å². The number of pyridine rings is 1. The first kappa shape index (κ1) is 20.7. The zero-order valence-electron chi connectivity index (χ0n) is 16.9. The second kappa shape index (κ2) is 10.5. The summed E-state index contributed by atoms with van der Waals surface area (Å²) in [7, 11) is 0. The first-order valence-corrected chi connectivity index (χ1v) is 10.4. The smallest absolute Gasteiger partial charge is 0.173 e. The summed E-state index contributed by atoms with van der Waals surface area (Å²) in [5.74, 6) is 0. The van der Waals surface area contributed by atoms with Crippen LogP contribution in [0.4, 0.5) is 5.69 Å². The van der Waals surface area contributed by atoms with Crippen LogP contribution >= 0.6 is 12.2 Å². The highest BCUT2D eigenvalue weighted by Crippen LogP contribution is 2.19. The van der Waals surface area contributed by atoms with Gasteiger partial charge in [0.2, 0.25) is 0 Å². The van der Waals surface area contributed by atoms with E-state index < -0.39 is 0 Å². The van der Waals surface area contributed by atoms with Gasteiger partial charge in [0.1, 0.15) is 0 Å². The quantitative estimate of drug-likeness (QED) is 0.719. The number of anilines is 1. The minimum atomic E-state index is 0.709. The maximum absolute atomic E-state index is 5.78. The molecule has 1 aromatic carbocycles. The normalized spacial score (nSPS) is 14.6. The van der Waals surface area contributed by atoms with E-state index in [9.17, 15) is 0 Å². The molecule has 1 saturated heterocycles. The molecule has 0 unspecified atom stereocenters. The molecule has 2 heterocycles. The lowest BCUT2D eigenvalue weighted by Gasteiger charge is -2.29. The molecule has 0 spiro atoms. The van der Waals surface area contributed by atoms with Crippen LogP contribution in [-0.2, 0) is 11.3 Å². The summed E-state index contributed by atoms with van der Waals surface area (Å²) in [6.07, 6.45) is 2.89. The second-order valence-electron chi connectivity index (χ2n) is 7.23. The molecule has 1 aromatic heterocycles. The number of ether oxygens (including phenoxy) is 1. The molecule has 0 bridgehead atoms. The van der Waals surface area contributed by atoms with Gasteiger partial charge in [0.05, 0.1) is 25.5 Å². The van der Waals surface area contributed by atoms with Crippen molar-refractivity contribution in [2.75, 3.05) is 44.7 Å². The summed E-state index contributed by atoms with van der Waals surface area (Å²) in [4.78, 5) is 9.17. The van der Waals surface area contributed by atoms with Crippen molar-refractivity contribution in [2.24, 2.45) is 0 Å². The van der Waals surface area contributed by atoms with Gasteiger partial charge >= 0.3 is 0 Å². The molecular formula is C22H30N4OS. The van der Waals surface area contributed by atoms with Crippen molar-refractivity contribution in [1.82, 2.24) is 14.8 Å². The van der Waals surface area contributed by atoms with Gasteiger partial charge in [0.25, 0.3) is 0 Å². The fourth-order valence-corrected chi connectivity index (χ4v) is 3.60. The van der Waals surface area contributed by atoms with Crippen LogP contribution in [0.3, 0.4) is 0 Å². The van der Waals surface area contributed by atoms with E-state index in [0.29, 0.717) is 6.54 Å². The van der Waals surface area contributed by atoms with Gasteiger partial charge in [0.15, 0.2) is 5.11 Å². The standard InChI is InChI=1S/C22H30N4OS/c1-18-7-5-9-21(19(18)2)24-22(28)26(17-20-8-3-4-10-23-20)12-6-11-25-13-15-27-16-14-25/h3-5,7-10H,6,11-17H2,1-2H3,(H,24,28). The third-order valence-corrected chi connectivity index (χ3v) is 5.58. The van der Waals surface area contributed by atoms with Crippen LogP contribution in [0.2, 0.25) is 0 Å². The molecule has 28 heavy (non-hydrogen) atoms. The average molecular weight is 399 g/mol. The van der Waals surface area contributed by atoms with Gasteiger partial charge in [-0.15, -0.1) is 0 Å². The van der Waals surface area contributed by atoms with E-state index in [1.807, 2.05) is 18.3 Å². The molecule has 5 nitrogen and oxygen atoms in total. The van der Waals surface area contributed by atoms with Gasteiger partial charge in [-0.1, -0.05) is 18.2 Å². The molecule has 150 valence electrons. The highest BCUT2D eigenvalue weighted by atomic mass is 32.1.